The molecule has 1 nitrogen and oxygen atoms in total. The maximum absolute atomic E-state index is 3.74. The fraction of sp³-hybridized carbons (Fsp3) is 0.750. The summed E-state index contributed by atoms with van der Waals surface area (Å²) < 4.78 is 1.32. The van der Waals surface area contributed by atoms with Crippen LogP contribution < -0.4 is 5.32 Å². The summed E-state index contributed by atoms with van der Waals surface area (Å²) in [5, 5.41) is 5.85. The van der Waals surface area contributed by atoms with E-state index in [2.05, 4.69) is 53.5 Å². The van der Waals surface area contributed by atoms with Crippen molar-refractivity contribution in [3.05, 3.63) is 20.8 Å². The lowest BCUT2D eigenvalue weighted by Crippen LogP contribution is -2.34. The summed E-state index contributed by atoms with van der Waals surface area (Å²) >= 11 is 5.66. The number of hydrogen-bond acceptors (Lipinski definition) is 2. The molecule has 1 heterocycles. The minimum Gasteiger partial charge on any atom is -0.316 e. The second-order valence-corrected chi connectivity index (χ2v) is 8.41. The van der Waals surface area contributed by atoms with Crippen molar-refractivity contribution in [2.75, 3.05) is 13.1 Å². The number of rotatable bonds is 5. The first-order chi connectivity index (χ1) is 9.03. The molecule has 0 radical (unpaired) electrons. The molecule has 2 unspecified atom stereocenters. The van der Waals surface area contributed by atoms with Gasteiger partial charge in [0.2, 0.25) is 0 Å². The normalized spacial score (nSPS) is 26.5. The molecule has 1 fully saturated rings. The lowest BCUT2D eigenvalue weighted by Gasteiger charge is -2.41. The van der Waals surface area contributed by atoms with Crippen LogP contribution in [0.4, 0.5) is 0 Å². The van der Waals surface area contributed by atoms with Gasteiger partial charge in [0.1, 0.15) is 0 Å². The van der Waals surface area contributed by atoms with Crippen molar-refractivity contribution in [1.29, 1.82) is 0 Å². The minimum absolute atomic E-state index is 0.495. The highest BCUT2D eigenvalue weighted by Crippen LogP contribution is 2.49. The highest BCUT2D eigenvalue weighted by atomic mass is 79.9. The Labute approximate surface area is 130 Å². The van der Waals surface area contributed by atoms with E-state index in [-0.39, 0.29) is 0 Å². The van der Waals surface area contributed by atoms with Gasteiger partial charge in [-0.3, -0.25) is 0 Å². The van der Waals surface area contributed by atoms with E-state index in [9.17, 15) is 0 Å². The van der Waals surface area contributed by atoms with Crippen LogP contribution in [-0.4, -0.2) is 13.1 Å². The zero-order valence-electron chi connectivity index (χ0n) is 12.3. The van der Waals surface area contributed by atoms with Crippen molar-refractivity contribution in [3.8, 4) is 0 Å². The molecule has 3 heteroatoms. The number of hydrogen-bond donors (Lipinski definition) is 1. The van der Waals surface area contributed by atoms with Crippen LogP contribution in [0.2, 0.25) is 0 Å². The van der Waals surface area contributed by atoms with Crippen molar-refractivity contribution in [2.24, 2.45) is 11.3 Å². The summed E-state index contributed by atoms with van der Waals surface area (Å²) in [6.07, 6.45) is 5.28. The standard InChI is InChI=1S/C16H26BrNS/c1-4-8-18-11-12-5-7-16(2,3)10-13(12)15-14(17)6-9-19-15/h6,9,12-13,18H,4-5,7-8,10-11H2,1-3H3. The van der Waals surface area contributed by atoms with Crippen LogP contribution in [0.5, 0.6) is 0 Å². The van der Waals surface area contributed by atoms with Crippen LogP contribution >= 0.6 is 27.3 Å². The molecule has 1 saturated carbocycles. The smallest absolute Gasteiger partial charge is 0.0317 e. The SMILES string of the molecule is CCCNCC1CCC(C)(C)CC1c1sccc1Br. The third kappa shape index (κ3) is 4.05. The van der Waals surface area contributed by atoms with E-state index in [1.807, 2.05) is 11.3 Å². The van der Waals surface area contributed by atoms with Gasteiger partial charge < -0.3 is 5.32 Å². The largest absolute Gasteiger partial charge is 0.316 e. The van der Waals surface area contributed by atoms with Crippen LogP contribution in [-0.2, 0) is 0 Å². The minimum atomic E-state index is 0.495. The fourth-order valence-corrected chi connectivity index (χ4v) is 5.09. The topological polar surface area (TPSA) is 12.0 Å². The van der Waals surface area contributed by atoms with Crippen LogP contribution in [0.15, 0.2) is 15.9 Å². The van der Waals surface area contributed by atoms with E-state index in [0.29, 0.717) is 5.41 Å². The molecule has 0 amide bonds. The Hall–Kier alpha value is 0.140. The van der Waals surface area contributed by atoms with Crippen LogP contribution in [0.3, 0.4) is 0 Å². The molecule has 0 bridgehead atoms. The summed E-state index contributed by atoms with van der Waals surface area (Å²) in [6, 6.07) is 2.21. The molecule has 2 rings (SSSR count). The van der Waals surface area contributed by atoms with Gasteiger partial charge in [0, 0.05) is 9.35 Å². The molecule has 0 spiro atoms. The first-order valence-corrected chi connectivity index (χ1v) is 9.14. The Morgan fingerprint density at radius 2 is 2.26 bits per heavy atom. The van der Waals surface area contributed by atoms with Crippen molar-refractivity contribution >= 4 is 27.3 Å². The highest BCUT2D eigenvalue weighted by Gasteiger charge is 2.36. The molecule has 2 atom stereocenters. The average molecular weight is 344 g/mol. The molecule has 19 heavy (non-hydrogen) atoms. The Bertz CT molecular complexity index is 399. The third-order valence-corrected chi connectivity index (χ3v) is 6.35. The predicted molar refractivity (Wildman–Crippen MR) is 89.0 cm³/mol. The van der Waals surface area contributed by atoms with Gasteiger partial charge in [-0.25, -0.2) is 0 Å². The summed E-state index contributed by atoms with van der Waals surface area (Å²) in [7, 11) is 0. The molecule has 1 N–H and O–H groups in total. The first kappa shape index (κ1) is 15.5. The molecule has 1 aliphatic rings. The molecule has 1 aromatic heterocycles. The number of halogens is 1. The Morgan fingerprint density at radius 1 is 1.47 bits per heavy atom. The van der Waals surface area contributed by atoms with E-state index < -0.39 is 0 Å². The summed E-state index contributed by atoms with van der Waals surface area (Å²) in [4.78, 5) is 1.57. The van der Waals surface area contributed by atoms with Gasteiger partial charge >= 0.3 is 0 Å². The first-order valence-electron chi connectivity index (χ1n) is 7.47. The maximum atomic E-state index is 3.74. The lowest BCUT2D eigenvalue weighted by atomic mass is 9.66. The fourth-order valence-electron chi connectivity index (χ4n) is 3.23. The number of thiophene rings is 1. The molecule has 1 aromatic rings. The third-order valence-electron chi connectivity index (χ3n) is 4.35. The van der Waals surface area contributed by atoms with Gasteiger partial charge in [0.15, 0.2) is 0 Å². The van der Waals surface area contributed by atoms with Gasteiger partial charge in [0.05, 0.1) is 0 Å². The second kappa shape index (κ2) is 6.73. The quantitative estimate of drug-likeness (QED) is 0.703. The molecule has 108 valence electrons. The summed E-state index contributed by atoms with van der Waals surface area (Å²) in [6.45, 7) is 9.43. The lowest BCUT2D eigenvalue weighted by molar-refractivity contribution is 0.161. The molecular formula is C16H26BrNS. The molecule has 1 aliphatic carbocycles. The molecular weight excluding hydrogens is 318 g/mol. The Balaban J connectivity index is 2.10. The van der Waals surface area contributed by atoms with Crippen molar-refractivity contribution in [3.63, 3.8) is 0 Å². The number of nitrogens with one attached hydrogen (secondary N) is 1. The van der Waals surface area contributed by atoms with Gasteiger partial charge in [-0.2, -0.15) is 0 Å². The highest BCUT2D eigenvalue weighted by molar-refractivity contribution is 9.10. The monoisotopic (exact) mass is 343 g/mol. The van der Waals surface area contributed by atoms with Gasteiger partial charge in [0.25, 0.3) is 0 Å². The van der Waals surface area contributed by atoms with Crippen molar-refractivity contribution in [1.82, 2.24) is 5.32 Å². The second-order valence-electron chi connectivity index (χ2n) is 6.61. The summed E-state index contributed by atoms with van der Waals surface area (Å²) in [5.41, 5.74) is 0.495. The van der Waals surface area contributed by atoms with Crippen molar-refractivity contribution in [2.45, 2.75) is 52.4 Å². The van der Waals surface area contributed by atoms with Crippen LogP contribution in [0, 0.1) is 11.3 Å². The summed E-state index contributed by atoms with van der Waals surface area (Å²) in [5.74, 6) is 1.53. The predicted octanol–water partition coefficient (Wildman–Crippen LogP) is 5.42. The van der Waals surface area contributed by atoms with Gasteiger partial charge in [-0.1, -0.05) is 20.8 Å². The van der Waals surface area contributed by atoms with Gasteiger partial charge in [-0.15, -0.1) is 11.3 Å². The van der Waals surface area contributed by atoms with E-state index >= 15 is 0 Å². The molecule has 0 saturated heterocycles. The zero-order valence-corrected chi connectivity index (χ0v) is 14.7. The average Bonchev–Trinajstić information content (AvgIpc) is 2.77. The van der Waals surface area contributed by atoms with E-state index in [1.54, 1.807) is 4.88 Å². The van der Waals surface area contributed by atoms with E-state index in [1.165, 1.54) is 36.7 Å². The maximum Gasteiger partial charge on any atom is 0.0317 e. The van der Waals surface area contributed by atoms with Crippen molar-refractivity contribution < 1.29 is 0 Å². The van der Waals surface area contributed by atoms with E-state index in [0.717, 1.165) is 18.4 Å². The Kier molecular flexibility index (Phi) is 5.50. The molecule has 0 aromatic carbocycles. The van der Waals surface area contributed by atoms with E-state index in [4.69, 9.17) is 0 Å². The van der Waals surface area contributed by atoms with Gasteiger partial charge in [-0.05, 0) is 83.4 Å². The molecule has 0 aliphatic heterocycles. The van der Waals surface area contributed by atoms with Crippen LogP contribution in [0.25, 0.3) is 0 Å². The Morgan fingerprint density at radius 3 is 2.89 bits per heavy atom. The zero-order chi connectivity index (χ0) is 13.9. The van der Waals surface area contributed by atoms with Crippen LogP contribution in [0.1, 0.15) is 57.2 Å².